The van der Waals surface area contributed by atoms with E-state index in [1.165, 1.54) is 6.42 Å². The summed E-state index contributed by atoms with van der Waals surface area (Å²) in [6, 6.07) is 7.21. The summed E-state index contributed by atoms with van der Waals surface area (Å²) < 4.78 is 7.60. The molecule has 106 valence electrons. The van der Waals surface area contributed by atoms with Crippen molar-refractivity contribution >= 4 is 11.7 Å². The lowest BCUT2D eigenvalue weighted by atomic mass is 9.89. The van der Waals surface area contributed by atoms with Crippen LogP contribution in [0.5, 0.6) is 5.75 Å². The molecule has 0 radical (unpaired) electrons. The Balaban J connectivity index is 1.96. The van der Waals surface area contributed by atoms with E-state index >= 15 is 0 Å². The molecule has 0 bridgehead atoms. The van der Waals surface area contributed by atoms with Gasteiger partial charge in [-0.3, -0.25) is 4.79 Å². The van der Waals surface area contributed by atoms with Gasteiger partial charge < -0.3 is 9.84 Å². The summed E-state index contributed by atoms with van der Waals surface area (Å²) in [4.78, 5) is 12.2. The van der Waals surface area contributed by atoms with Crippen LogP contribution in [0.2, 0.25) is 0 Å². The highest BCUT2D eigenvalue weighted by Gasteiger charge is 2.42. The molecule has 1 saturated heterocycles. The predicted molar refractivity (Wildman–Crippen MR) is 75.1 cm³/mol. The second-order valence-electron chi connectivity index (χ2n) is 5.57. The van der Waals surface area contributed by atoms with Gasteiger partial charge in [-0.2, -0.15) is 0 Å². The molecule has 1 N–H and O–H groups in total. The first-order chi connectivity index (χ1) is 9.68. The van der Waals surface area contributed by atoms with Crippen LogP contribution in [0.25, 0.3) is 0 Å². The standard InChI is InChI=1S/C16H20NO3/c1-11(17-9-5-2-6-10-17)14-15(18)12-7-3-4-8-13(12)20-16(14)19/h3-4,7-8,14-15,18H,2,5-6,9-10H2,1H3/q+1. The third-order valence-corrected chi connectivity index (χ3v) is 4.32. The first-order valence-electron chi connectivity index (χ1n) is 7.25. The Morgan fingerprint density at radius 1 is 1.25 bits per heavy atom. The highest BCUT2D eigenvalue weighted by molar-refractivity contribution is 6.01. The van der Waals surface area contributed by atoms with Crippen LogP contribution in [0.3, 0.4) is 0 Å². The van der Waals surface area contributed by atoms with Crippen molar-refractivity contribution in [1.82, 2.24) is 0 Å². The second kappa shape index (κ2) is 5.37. The lowest BCUT2D eigenvalue weighted by Gasteiger charge is -2.28. The number of piperidine rings is 1. The Hall–Kier alpha value is -1.68. The normalized spacial score (nSPS) is 25.9. The molecule has 2 aliphatic rings. The topological polar surface area (TPSA) is 49.5 Å². The van der Waals surface area contributed by atoms with Crippen LogP contribution in [-0.2, 0) is 4.79 Å². The quantitative estimate of drug-likeness (QED) is 0.483. The second-order valence-corrected chi connectivity index (χ2v) is 5.57. The molecule has 1 aromatic rings. The molecule has 0 spiro atoms. The monoisotopic (exact) mass is 274 g/mol. The van der Waals surface area contributed by atoms with E-state index in [1.54, 1.807) is 12.1 Å². The van der Waals surface area contributed by atoms with Crippen LogP contribution >= 0.6 is 0 Å². The van der Waals surface area contributed by atoms with E-state index in [0.29, 0.717) is 11.3 Å². The van der Waals surface area contributed by atoms with E-state index in [4.69, 9.17) is 4.74 Å². The Bertz CT molecular complexity index is 557. The average molecular weight is 274 g/mol. The predicted octanol–water partition coefficient (Wildman–Crippen LogP) is 1.91. The maximum Gasteiger partial charge on any atom is 0.327 e. The van der Waals surface area contributed by atoms with E-state index in [9.17, 15) is 9.90 Å². The summed E-state index contributed by atoms with van der Waals surface area (Å²) in [5, 5.41) is 10.5. The molecule has 4 nitrogen and oxygen atoms in total. The molecule has 0 aliphatic carbocycles. The minimum absolute atomic E-state index is 0.348. The van der Waals surface area contributed by atoms with E-state index in [-0.39, 0.29) is 5.97 Å². The van der Waals surface area contributed by atoms with Gasteiger partial charge in [-0.25, -0.2) is 4.58 Å². The van der Waals surface area contributed by atoms with Crippen molar-refractivity contribution in [2.24, 2.45) is 5.92 Å². The van der Waals surface area contributed by atoms with Crippen molar-refractivity contribution in [3.05, 3.63) is 29.8 Å². The number of hydrogen-bond donors (Lipinski definition) is 1. The van der Waals surface area contributed by atoms with E-state index in [2.05, 4.69) is 4.58 Å². The van der Waals surface area contributed by atoms with Crippen molar-refractivity contribution in [1.29, 1.82) is 0 Å². The maximum absolute atomic E-state index is 12.2. The fourth-order valence-corrected chi connectivity index (χ4v) is 3.14. The number of aliphatic hydroxyl groups is 1. The van der Waals surface area contributed by atoms with Crippen LogP contribution in [-0.4, -0.2) is 34.5 Å². The smallest absolute Gasteiger partial charge is 0.327 e. The van der Waals surface area contributed by atoms with Gasteiger partial charge in [0.25, 0.3) is 0 Å². The molecular weight excluding hydrogens is 254 g/mol. The first kappa shape index (κ1) is 13.3. The number of carbonyl (C=O) groups is 1. The molecule has 2 atom stereocenters. The zero-order valence-electron chi connectivity index (χ0n) is 11.7. The molecule has 1 aromatic carbocycles. The number of nitrogens with zero attached hydrogens (tertiary/aromatic N) is 1. The molecule has 2 unspecified atom stereocenters. The van der Waals surface area contributed by atoms with Crippen molar-refractivity contribution in [3.8, 4) is 5.75 Å². The Labute approximate surface area is 118 Å². The molecule has 2 aliphatic heterocycles. The van der Waals surface area contributed by atoms with Crippen molar-refractivity contribution in [2.45, 2.75) is 32.3 Å². The van der Waals surface area contributed by atoms with Crippen LogP contribution in [0.4, 0.5) is 0 Å². The Kier molecular flexibility index (Phi) is 3.57. The van der Waals surface area contributed by atoms with Gasteiger partial charge in [0.15, 0.2) is 11.6 Å². The van der Waals surface area contributed by atoms with Gasteiger partial charge >= 0.3 is 5.97 Å². The Morgan fingerprint density at radius 2 is 1.95 bits per heavy atom. The fraction of sp³-hybridized carbons (Fsp3) is 0.500. The molecule has 1 fully saturated rings. The molecule has 4 heteroatoms. The SMILES string of the molecule is CC(C1C(=O)Oc2ccccc2C1O)=[N+]1CCCCC1. The molecule has 3 rings (SSSR count). The molecule has 0 aromatic heterocycles. The highest BCUT2D eigenvalue weighted by Crippen LogP contribution is 2.36. The number of aliphatic hydroxyl groups excluding tert-OH is 1. The summed E-state index contributed by atoms with van der Waals surface area (Å²) in [5.41, 5.74) is 1.63. The van der Waals surface area contributed by atoms with Gasteiger partial charge in [-0.05, 0) is 12.5 Å². The van der Waals surface area contributed by atoms with Crippen LogP contribution in [0.15, 0.2) is 24.3 Å². The largest absolute Gasteiger partial charge is 0.425 e. The molecule has 0 amide bonds. The number of hydrogen-bond acceptors (Lipinski definition) is 3. The number of para-hydroxylation sites is 1. The van der Waals surface area contributed by atoms with Gasteiger partial charge in [0.2, 0.25) is 0 Å². The van der Waals surface area contributed by atoms with Crippen molar-refractivity contribution in [3.63, 3.8) is 0 Å². The third-order valence-electron chi connectivity index (χ3n) is 4.32. The number of ether oxygens (including phenoxy) is 1. The summed E-state index contributed by atoms with van der Waals surface area (Å²) in [6.45, 7) is 3.86. The van der Waals surface area contributed by atoms with Gasteiger partial charge in [0.1, 0.15) is 24.9 Å². The summed E-state index contributed by atoms with van der Waals surface area (Å²) in [6.07, 6.45) is 2.72. The zero-order chi connectivity index (χ0) is 14.1. The number of rotatable bonds is 1. The molecule has 20 heavy (non-hydrogen) atoms. The number of carbonyl (C=O) groups excluding carboxylic acids is 1. The minimum atomic E-state index is -0.811. The molecule has 0 saturated carbocycles. The Morgan fingerprint density at radius 3 is 2.70 bits per heavy atom. The first-order valence-corrected chi connectivity index (χ1v) is 7.25. The van der Waals surface area contributed by atoms with Gasteiger partial charge in [0, 0.05) is 25.3 Å². The average Bonchev–Trinajstić information content (AvgIpc) is 2.48. The number of fused-ring (bicyclic) bond motifs is 1. The molecular formula is C16H20NO3+. The number of benzene rings is 1. The maximum atomic E-state index is 12.2. The molecule has 2 heterocycles. The highest BCUT2D eigenvalue weighted by atomic mass is 16.5. The van der Waals surface area contributed by atoms with Gasteiger partial charge in [0.05, 0.1) is 0 Å². The van der Waals surface area contributed by atoms with Crippen LogP contribution in [0, 0.1) is 5.92 Å². The third kappa shape index (κ3) is 2.24. The van der Waals surface area contributed by atoms with Gasteiger partial charge in [-0.1, -0.05) is 18.2 Å². The fourth-order valence-electron chi connectivity index (χ4n) is 3.14. The minimum Gasteiger partial charge on any atom is -0.425 e. The van der Waals surface area contributed by atoms with E-state index in [0.717, 1.165) is 31.6 Å². The van der Waals surface area contributed by atoms with Crippen LogP contribution in [0.1, 0.15) is 37.9 Å². The lowest BCUT2D eigenvalue weighted by molar-refractivity contribution is -0.540. The number of esters is 1. The summed E-state index contributed by atoms with van der Waals surface area (Å²) in [5.74, 6) is -0.449. The zero-order valence-corrected chi connectivity index (χ0v) is 11.7. The van der Waals surface area contributed by atoms with E-state index in [1.807, 2.05) is 19.1 Å². The van der Waals surface area contributed by atoms with E-state index < -0.39 is 12.0 Å². The van der Waals surface area contributed by atoms with Crippen LogP contribution < -0.4 is 4.74 Å². The summed E-state index contributed by atoms with van der Waals surface area (Å²) in [7, 11) is 0. The summed E-state index contributed by atoms with van der Waals surface area (Å²) >= 11 is 0. The van der Waals surface area contributed by atoms with Crippen molar-refractivity contribution in [2.75, 3.05) is 13.1 Å². The lowest BCUT2D eigenvalue weighted by Crippen LogP contribution is -2.41. The van der Waals surface area contributed by atoms with Crippen molar-refractivity contribution < 1.29 is 19.2 Å². The van der Waals surface area contributed by atoms with Gasteiger partial charge in [-0.15, -0.1) is 0 Å².